The molecule has 0 spiro atoms. The average molecular weight is 338 g/mol. The van der Waals surface area contributed by atoms with Crippen molar-refractivity contribution in [3.63, 3.8) is 0 Å². The molecule has 0 heterocycles. The molecule has 0 aliphatic heterocycles. The van der Waals surface area contributed by atoms with Gasteiger partial charge in [0.2, 0.25) is 0 Å². The molecule has 2 aromatic carbocycles. The molecule has 2 unspecified atom stereocenters. The number of carbonyl (C=O) groups is 2. The van der Waals surface area contributed by atoms with E-state index in [9.17, 15) is 9.59 Å². The molecule has 0 saturated heterocycles. The number of hydrogen-bond donors (Lipinski definition) is 0. The molecule has 0 bridgehead atoms. The van der Waals surface area contributed by atoms with Crippen LogP contribution in [0.3, 0.4) is 0 Å². The van der Waals surface area contributed by atoms with Gasteiger partial charge in [-0.2, -0.15) is 0 Å². The van der Waals surface area contributed by atoms with Crippen molar-refractivity contribution < 1.29 is 19.1 Å². The van der Waals surface area contributed by atoms with Gasteiger partial charge in [-0.1, -0.05) is 36.8 Å². The van der Waals surface area contributed by atoms with Gasteiger partial charge in [-0.25, -0.2) is 4.79 Å². The Labute approximate surface area is 147 Å². The molecular formula is C21H22O4. The van der Waals surface area contributed by atoms with E-state index in [1.165, 1.54) is 0 Å². The van der Waals surface area contributed by atoms with E-state index in [-0.39, 0.29) is 11.7 Å². The van der Waals surface area contributed by atoms with Crippen LogP contribution in [0.25, 0.3) is 0 Å². The van der Waals surface area contributed by atoms with Crippen LogP contribution in [0.5, 0.6) is 5.75 Å². The van der Waals surface area contributed by atoms with E-state index in [1.807, 2.05) is 30.3 Å². The lowest BCUT2D eigenvalue weighted by Crippen LogP contribution is -2.29. The largest absolute Gasteiger partial charge is 0.497 e. The number of ether oxygens (including phenoxy) is 2. The maximum absolute atomic E-state index is 12.6. The van der Waals surface area contributed by atoms with Crippen LogP contribution in [0, 0.1) is 5.92 Å². The molecule has 4 nitrogen and oxygen atoms in total. The predicted octanol–water partition coefficient (Wildman–Crippen LogP) is 4.35. The van der Waals surface area contributed by atoms with Crippen molar-refractivity contribution >= 4 is 11.8 Å². The van der Waals surface area contributed by atoms with Crippen LogP contribution in [0.4, 0.5) is 0 Å². The van der Waals surface area contributed by atoms with Crippen LogP contribution < -0.4 is 4.74 Å². The zero-order valence-corrected chi connectivity index (χ0v) is 14.3. The number of methoxy groups -OCH3 is 1. The highest BCUT2D eigenvalue weighted by molar-refractivity contribution is 5.90. The van der Waals surface area contributed by atoms with Crippen LogP contribution in [0.2, 0.25) is 0 Å². The normalized spacial score (nSPS) is 18.4. The first-order valence-electron chi connectivity index (χ1n) is 8.61. The fourth-order valence-corrected chi connectivity index (χ4v) is 3.27. The number of hydrogen-bond acceptors (Lipinski definition) is 4. The van der Waals surface area contributed by atoms with Gasteiger partial charge in [-0.05, 0) is 42.7 Å². The molecule has 1 saturated carbocycles. The fraction of sp³-hybridized carbons (Fsp3) is 0.333. The summed E-state index contributed by atoms with van der Waals surface area (Å²) in [7, 11) is 1.58. The van der Waals surface area contributed by atoms with Crippen LogP contribution in [-0.4, -0.2) is 18.9 Å². The van der Waals surface area contributed by atoms with Crippen molar-refractivity contribution in [1.82, 2.24) is 0 Å². The Kier molecular flexibility index (Phi) is 5.49. The summed E-state index contributed by atoms with van der Waals surface area (Å²) in [6, 6.07) is 16.3. The fourth-order valence-electron chi connectivity index (χ4n) is 3.27. The van der Waals surface area contributed by atoms with E-state index in [0.717, 1.165) is 24.8 Å². The lowest BCUT2D eigenvalue weighted by molar-refractivity contribution is -0.128. The van der Waals surface area contributed by atoms with E-state index in [1.54, 1.807) is 31.4 Å². The third-order valence-corrected chi connectivity index (χ3v) is 4.66. The minimum absolute atomic E-state index is 0.183. The van der Waals surface area contributed by atoms with Crippen molar-refractivity contribution in [2.24, 2.45) is 5.92 Å². The molecule has 2 atom stereocenters. The van der Waals surface area contributed by atoms with E-state index < -0.39 is 12.1 Å². The van der Waals surface area contributed by atoms with Crippen LogP contribution >= 0.6 is 0 Å². The Hall–Kier alpha value is -2.62. The number of rotatable bonds is 5. The van der Waals surface area contributed by atoms with Gasteiger partial charge in [0.25, 0.3) is 0 Å². The summed E-state index contributed by atoms with van der Waals surface area (Å²) in [6.07, 6.45) is 2.69. The van der Waals surface area contributed by atoms with Crippen molar-refractivity contribution in [2.45, 2.75) is 31.8 Å². The molecular weight excluding hydrogens is 316 g/mol. The van der Waals surface area contributed by atoms with Crippen molar-refractivity contribution in [1.29, 1.82) is 0 Å². The number of esters is 1. The molecule has 4 heteroatoms. The topological polar surface area (TPSA) is 52.6 Å². The van der Waals surface area contributed by atoms with E-state index >= 15 is 0 Å². The Balaban J connectivity index is 1.83. The molecule has 0 radical (unpaired) electrons. The van der Waals surface area contributed by atoms with Crippen molar-refractivity contribution in [3.8, 4) is 5.75 Å². The molecule has 3 rings (SSSR count). The Bertz CT molecular complexity index is 721. The smallest absolute Gasteiger partial charge is 0.338 e. The zero-order chi connectivity index (χ0) is 17.6. The summed E-state index contributed by atoms with van der Waals surface area (Å²) in [5.74, 6) is 0.175. The second kappa shape index (κ2) is 7.97. The maximum atomic E-state index is 12.6. The summed E-state index contributed by atoms with van der Waals surface area (Å²) in [5.41, 5.74) is 1.31. The molecule has 0 N–H and O–H groups in total. The third-order valence-electron chi connectivity index (χ3n) is 4.66. The van der Waals surface area contributed by atoms with Gasteiger partial charge in [0.15, 0.2) is 0 Å². The first-order chi connectivity index (χ1) is 12.2. The second-order valence-electron chi connectivity index (χ2n) is 6.28. The van der Waals surface area contributed by atoms with Crippen LogP contribution in [0.15, 0.2) is 54.6 Å². The zero-order valence-electron chi connectivity index (χ0n) is 14.3. The molecule has 1 aliphatic carbocycles. The quantitative estimate of drug-likeness (QED) is 0.761. The van der Waals surface area contributed by atoms with Crippen LogP contribution in [0.1, 0.15) is 47.7 Å². The predicted molar refractivity (Wildman–Crippen MR) is 94.6 cm³/mol. The van der Waals surface area contributed by atoms with Crippen molar-refractivity contribution in [3.05, 3.63) is 65.7 Å². The van der Waals surface area contributed by atoms with Gasteiger partial charge in [-0.15, -0.1) is 0 Å². The number of Topliss-reactive ketones (excluding diaryl/α,β-unsaturated/α-hetero) is 1. The standard InChI is InChI=1S/C21H22O4/c1-24-17-13-11-16(12-14-17)21(23)25-20(15-7-3-2-4-8-15)18-9-5-6-10-19(18)22/h2-4,7-8,11-14,18,20H,5-6,9-10H2,1H3. The van der Waals surface area contributed by atoms with Gasteiger partial charge in [0, 0.05) is 6.42 Å². The Morgan fingerprint density at radius 2 is 1.76 bits per heavy atom. The van der Waals surface area contributed by atoms with Gasteiger partial charge in [0.05, 0.1) is 18.6 Å². The minimum Gasteiger partial charge on any atom is -0.497 e. The third kappa shape index (κ3) is 4.08. The molecule has 130 valence electrons. The van der Waals surface area contributed by atoms with Gasteiger partial charge >= 0.3 is 5.97 Å². The lowest BCUT2D eigenvalue weighted by Gasteiger charge is -2.29. The highest BCUT2D eigenvalue weighted by atomic mass is 16.5. The maximum Gasteiger partial charge on any atom is 0.338 e. The summed E-state index contributed by atoms with van der Waals surface area (Å²) in [4.78, 5) is 25.0. The summed E-state index contributed by atoms with van der Waals surface area (Å²) >= 11 is 0. The molecule has 0 amide bonds. The molecule has 2 aromatic rings. The summed E-state index contributed by atoms with van der Waals surface area (Å²) in [6.45, 7) is 0. The van der Waals surface area contributed by atoms with E-state index in [4.69, 9.17) is 9.47 Å². The lowest BCUT2D eigenvalue weighted by atomic mass is 9.81. The SMILES string of the molecule is COc1ccc(C(=O)OC(c2ccccc2)C2CCCCC2=O)cc1. The van der Waals surface area contributed by atoms with Gasteiger partial charge in [0.1, 0.15) is 17.6 Å². The Morgan fingerprint density at radius 3 is 2.40 bits per heavy atom. The highest BCUT2D eigenvalue weighted by Gasteiger charge is 2.34. The monoisotopic (exact) mass is 338 g/mol. The van der Waals surface area contributed by atoms with E-state index in [2.05, 4.69) is 0 Å². The molecule has 1 fully saturated rings. The number of benzene rings is 2. The van der Waals surface area contributed by atoms with Crippen molar-refractivity contribution in [2.75, 3.05) is 7.11 Å². The summed E-state index contributed by atoms with van der Waals surface area (Å²) < 4.78 is 10.9. The number of ketones is 1. The van der Waals surface area contributed by atoms with Gasteiger partial charge < -0.3 is 9.47 Å². The highest BCUT2D eigenvalue weighted by Crippen LogP contribution is 2.35. The molecule has 0 aromatic heterocycles. The van der Waals surface area contributed by atoms with E-state index in [0.29, 0.717) is 17.7 Å². The summed E-state index contributed by atoms with van der Waals surface area (Å²) in [5, 5.41) is 0. The number of carbonyl (C=O) groups excluding carboxylic acids is 2. The van der Waals surface area contributed by atoms with Crippen LogP contribution in [-0.2, 0) is 9.53 Å². The average Bonchev–Trinajstić information content (AvgIpc) is 2.67. The molecule has 1 aliphatic rings. The second-order valence-corrected chi connectivity index (χ2v) is 6.28. The van der Waals surface area contributed by atoms with Gasteiger partial charge in [-0.3, -0.25) is 4.79 Å². The first kappa shape index (κ1) is 17.2. The first-order valence-corrected chi connectivity index (χ1v) is 8.61. The molecule has 25 heavy (non-hydrogen) atoms. The Morgan fingerprint density at radius 1 is 1.04 bits per heavy atom. The minimum atomic E-state index is -0.538.